The van der Waals surface area contributed by atoms with Gasteiger partial charge in [0.05, 0.1) is 47.2 Å². The molecule has 1 saturated heterocycles. The maximum atomic E-state index is 16.7. The molecule has 9 amide bonds. The van der Waals surface area contributed by atoms with E-state index in [1.165, 1.54) is 38.2 Å². The molecule has 37 heteroatoms. The quantitative estimate of drug-likeness (QED) is 0.0553. The van der Waals surface area contributed by atoms with Crippen molar-refractivity contribution in [2.45, 2.75) is 201 Å². The van der Waals surface area contributed by atoms with Gasteiger partial charge in [-0.3, -0.25) is 48.5 Å². The van der Waals surface area contributed by atoms with Crippen LogP contribution in [0, 0.1) is 35.5 Å². The van der Waals surface area contributed by atoms with Crippen LogP contribution in [0.3, 0.4) is 0 Å². The number of likely N-dealkylation sites (N-methyl/N-ethyl adjacent to an activating group) is 1. The van der Waals surface area contributed by atoms with Gasteiger partial charge in [0.1, 0.15) is 108 Å². The Morgan fingerprint density at radius 1 is 0.661 bits per heavy atom. The summed E-state index contributed by atoms with van der Waals surface area (Å²) in [6, 6.07) is 6.47. The minimum Gasteiger partial charge on any atom is -0.508 e. The molecule has 18 atom stereocenters. The summed E-state index contributed by atoms with van der Waals surface area (Å²) in [5, 5.41) is 130. The largest absolute Gasteiger partial charge is 0.508 e. The number of hydrogen-bond acceptors (Lipinski definition) is 27. The predicted octanol–water partition coefficient (Wildman–Crippen LogP) is 3.36. The number of halogens is 2. The first kappa shape index (κ1) is 89.8. The second kappa shape index (κ2) is 37.3. The smallest absolute Gasteiger partial charge is 0.248 e. The van der Waals surface area contributed by atoms with E-state index in [2.05, 4.69) is 47.9 Å². The van der Waals surface area contributed by atoms with Crippen molar-refractivity contribution in [2.24, 2.45) is 47.0 Å². The van der Waals surface area contributed by atoms with E-state index in [1.807, 2.05) is 13.8 Å². The first-order valence-corrected chi connectivity index (χ1v) is 42.1. The Morgan fingerprint density at radius 2 is 1.28 bits per heavy atom. The van der Waals surface area contributed by atoms with Crippen molar-refractivity contribution in [1.82, 2.24) is 47.9 Å². The Bertz CT molecular complexity index is 5060. The zero-order chi connectivity index (χ0) is 88.8. The number of carbonyl (C=O) groups excluding carboxylic acids is 9. The monoisotopic (exact) mass is 1760 g/mol. The van der Waals surface area contributed by atoms with Crippen molar-refractivity contribution in [3.63, 3.8) is 0 Å². The molecule has 0 spiro atoms. The number of aromatic hydroxyl groups is 3. The van der Waals surface area contributed by atoms with E-state index >= 15 is 28.8 Å². The number of ether oxygens (including phenoxy) is 6. The second-order valence-electron chi connectivity index (χ2n) is 34.3. The standard InChI is InChI=1S/C87H103Cl2N11O24/c1-36(2)18-54(92-5)80(112)99-71-73(107)42-9-14-58(52(88)26-42)121-60-28-46-29-61(77(60)123-62-30-47(35-101)75(109)76(110)78(62)124-65-34-87(4,91)79(111)37(3)120-65)122-59-15-10-43(27-53(59)89)74(108)72-86(118)98-70(84(116)95-67-44-20-39-19-40(22-44)23-45(67)21-39)51-31-48(102)32-57(104)66(51)50-25-41(8-13-56(50)103)68(82(114)100-72)97-83(115)69(46)96-81(113)55(93-85(71)117)33-64(106)94-63(105)24-38-6-11-49(12-7-38)119-17-16-90/h6-15,25-29,31-32,36-37,39-40,44-45,47,54-55,62,65,67-76,78-79,92,101-104,107-111H,16-24,30,33-35,90-91H2,1-5H3,(H,93,117)(H,95,116)(H,96,113)(H,97,115)(H,98,118)(H,99,112)(H,100,114)(H,94,105,106)/t37-,39?,40?,44?,45?,47+,54+,55-,62+,65-,67?,68+,69+,70-,71+,72-,73+,74+,75+,76-,78-,79+,87-/m0/s1. The lowest BCUT2D eigenvalue weighted by Gasteiger charge is -2.54. The SMILES string of the molecule is CN[C@H](CC(C)C)C(=O)N[C@H]1C(=O)N[C@@H](CC(=O)NC(=O)Cc2ccc(OCCN)cc2)C(=O)N[C@H]2C(=O)N[C@H]3C(=O)N[C@H](C(=O)N[C@H](C(=O)NC4C5CC6CC(C5)CC4C6)c4cc(O)cc(O)c4-c4cc3ccc4O)[C@H](O)c3ccc(c(Cl)c3)Oc3cc2cc(c3O[C@@H]2C[C@H](CO)[C@@H](O)[C@H](O)[C@H]2O[C@H]2C[C@](C)(N)[C@H](O)[C@H](C)O2)Oc2ccc(cc2Cl)[C@H]1O. The van der Waals surface area contributed by atoms with Crippen LogP contribution in [0.5, 0.6) is 51.7 Å². The predicted molar refractivity (Wildman–Crippen MR) is 443 cm³/mol. The van der Waals surface area contributed by atoms with Crippen LogP contribution in [0.2, 0.25) is 10.0 Å². The third kappa shape index (κ3) is 19.3. The van der Waals surface area contributed by atoms with E-state index < -0.39 is 222 Å². The van der Waals surface area contributed by atoms with Crippen LogP contribution in [0.15, 0.2) is 103 Å². The van der Waals surface area contributed by atoms with E-state index in [9.17, 15) is 60.3 Å². The van der Waals surface area contributed by atoms with Crippen LogP contribution < -0.4 is 78.3 Å². The van der Waals surface area contributed by atoms with Crippen molar-refractivity contribution in [2.75, 3.05) is 26.8 Å². The second-order valence-corrected chi connectivity index (χ2v) is 35.1. The molecule has 124 heavy (non-hydrogen) atoms. The molecule has 11 aliphatic rings. The van der Waals surface area contributed by atoms with Gasteiger partial charge in [-0.25, -0.2) is 0 Å². The molecular weight excluding hydrogens is 1650 g/mol. The molecular formula is C87H103Cl2N11O24. The fourth-order valence-electron chi connectivity index (χ4n) is 18.7. The third-order valence-electron chi connectivity index (χ3n) is 24.8. The molecule has 6 aliphatic heterocycles. The number of fused-ring (bicyclic) bond motifs is 15. The molecule has 6 heterocycles. The lowest BCUT2D eigenvalue weighted by molar-refractivity contribution is -0.286. The molecule has 22 N–H and O–H groups in total. The highest BCUT2D eigenvalue weighted by Crippen LogP contribution is 2.55. The average Bonchev–Trinajstić information content (AvgIpc) is 0.754. The van der Waals surface area contributed by atoms with Gasteiger partial charge in [0.15, 0.2) is 17.8 Å². The average molecular weight is 1760 g/mol. The number of phenols is 3. The van der Waals surface area contributed by atoms with Crippen molar-refractivity contribution in [3.8, 4) is 62.9 Å². The Morgan fingerprint density at radius 3 is 1.90 bits per heavy atom. The normalized spacial score (nSPS) is 30.5. The maximum Gasteiger partial charge on any atom is 0.248 e. The Balaban J connectivity index is 0.959. The molecule has 6 fully saturated rings. The maximum absolute atomic E-state index is 16.7. The van der Waals surface area contributed by atoms with Crippen molar-refractivity contribution in [1.29, 1.82) is 0 Å². The number of aliphatic hydroxyl groups is 6. The molecule has 6 aromatic rings. The third-order valence-corrected chi connectivity index (χ3v) is 25.4. The van der Waals surface area contributed by atoms with Gasteiger partial charge in [-0.1, -0.05) is 67.4 Å². The number of nitrogens with two attached hydrogens (primary N) is 2. The summed E-state index contributed by atoms with van der Waals surface area (Å²) in [4.78, 5) is 139. The van der Waals surface area contributed by atoms with Crippen LogP contribution in [0.1, 0.15) is 149 Å². The van der Waals surface area contributed by atoms with Crippen LogP contribution >= 0.6 is 23.2 Å². The van der Waals surface area contributed by atoms with E-state index in [4.69, 9.17) is 63.1 Å². The minimum atomic E-state index is -2.39. The molecule has 15 bridgehead atoms. The zero-order valence-corrected chi connectivity index (χ0v) is 69.9. The summed E-state index contributed by atoms with van der Waals surface area (Å²) < 4.78 is 38.9. The number of phenolic OH excluding ortho intramolecular Hbond substituents is 3. The van der Waals surface area contributed by atoms with Crippen molar-refractivity contribution >= 4 is 76.4 Å². The molecule has 35 nitrogen and oxygen atoms in total. The highest BCUT2D eigenvalue weighted by atomic mass is 35.5. The van der Waals surface area contributed by atoms with Crippen LogP contribution in [-0.4, -0.2) is 205 Å². The number of aliphatic hydroxyl groups excluding tert-OH is 6. The van der Waals surface area contributed by atoms with Gasteiger partial charge in [-0.05, 0) is 196 Å². The summed E-state index contributed by atoms with van der Waals surface area (Å²) in [7, 11) is 1.48. The molecule has 0 aromatic heterocycles. The number of hydrogen-bond donors (Lipinski definition) is 20. The van der Waals surface area contributed by atoms with Gasteiger partial charge in [0.2, 0.25) is 58.9 Å². The Labute approximate surface area is 722 Å². The van der Waals surface area contributed by atoms with Gasteiger partial charge >= 0.3 is 0 Å². The highest BCUT2D eigenvalue weighted by molar-refractivity contribution is 6.32. The summed E-state index contributed by atoms with van der Waals surface area (Å²) in [5.74, 6) is -14.9. The molecule has 0 unspecified atom stereocenters. The molecule has 664 valence electrons. The molecule has 5 saturated carbocycles. The van der Waals surface area contributed by atoms with Gasteiger partial charge in [-0.15, -0.1) is 0 Å². The number of amides is 9. The van der Waals surface area contributed by atoms with Crippen LogP contribution in [0.25, 0.3) is 11.1 Å². The summed E-state index contributed by atoms with van der Waals surface area (Å²) in [6.07, 6.45) is -12.3. The van der Waals surface area contributed by atoms with Gasteiger partial charge in [0.25, 0.3) is 0 Å². The summed E-state index contributed by atoms with van der Waals surface area (Å²) in [6.45, 7) is 6.36. The first-order valence-electron chi connectivity index (χ1n) is 41.4. The number of rotatable bonds is 19. The Kier molecular flexibility index (Phi) is 27.0. The summed E-state index contributed by atoms with van der Waals surface area (Å²) >= 11 is 14.5. The lowest BCUT2D eigenvalue weighted by atomic mass is 9.54. The van der Waals surface area contributed by atoms with Crippen LogP contribution in [-0.2, 0) is 59.0 Å². The van der Waals surface area contributed by atoms with E-state index in [0.717, 1.165) is 86.7 Å². The highest BCUT2D eigenvalue weighted by Gasteiger charge is 2.53. The zero-order valence-electron chi connectivity index (χ0n) is 68.3. The molecule has 0 radical (unpaired) electrons. The Hall–Kier alpha value is -10.5. The molecule has 6 aromatic carbocycles. The van der Waals surface area contributed by atoms with Gasteiger partial charge in [0, 0.05) is 54.3 Å². The molecule has 5 aliphatic carbocycles. The van der Waals surface area contributed by atoms with Gasteiger partial charge in [-0.2, -0.15) is 0 Å². The lowest BCUT2D eigenvalue weighted by Crippen LogP contribution is -2.63. The minimum absolute atomic E-state index is 0.0591. The fraction of sp³-hybridized carbons (Fsp3) is 0.483. The fourth-order valence-corrected chi connectivity index (χ4v) is 19.1. The van der Waals surface area contributed by atoms with Crippen molar-refractivity contribution in [3.05, 3.63) is 147 Å². The van der Waals surface area contributed by atoms with Gasteiger partial charge < -0.3 is 128 Å². The van der Waals surface area contributed by atoms with Crippen molar-refractivity contribution < 1.29 is 118 Å². The molecule has 17 rings (SSSR count). The first-order chi connectivity index (χ1) is 59.0. The number of benzene rings is 6. The summed E-state index contributed by atoms with van der Waals surface area (Å²) in [5.41, 5.74) is 9.09. The van der Waals surface area contributed by atoms with E-state index in [1.54, 1.807) is 31.2 Å². The topological polar surface area (TPSA) is 551 Å². The van der Waals surface area contributed by atoms with E-state index in [-0.39, 0.29) is 111 Å². The van der Waals surface area contributed by atoms with Crippen LogP contribution in [0.4, 0.5) is 0 Å². The number of imide groups is 1. The van der Waals surface area contributed by atoms with E-state index in [0.29, 0.717) is 23.1 Å². The number of carbonyl (C=O) groups is 9. The number of nitrogens with one attached hydrogen (secondary N) is 9.